The first-order chi connectivity index (χ1) is 15.5. The van der Waals surface area contributed by atoms with Crippen LogP contribution in [0.15, 0.2) is 18.2 Å². The third kappa shape index (κ3) is 12.3. The van der Waals surface area contributed by atoms with E-state index in [-0.39, 0.29) is 0 Å². The number of carbonyl (C=O) groups excluding carboxylic acids is 2. The number of unbranched alkanes of at least 4 members (excludes halogenated alkanes) is 10. The molecule has 182 valence electrons. The Balaban J connectivity index is 2.64. The molecule has 0 spiro atoms. The van der Waals surface area contributed by atoms with Gasteiger partial charge in [-0.25, -0.2) is 9.59 Å². The van der Waals surface area contributed by atoms with E-state index < -0.39 is 11.9 Å². The second-order valence-electron chi connectivity index (χ2n) is 9.29. The van der Waals surface area contributed by atoms with Crippen LogP contribution in [0.3, 0.4) is 0 Å². The van der Waals surface area contributed by atoms with Crippen LogP contribution >= 0.6 is 0 Å². The van der Waals surface area contributed by atoms with Gasteiger partial charge in [0.1, 0.15) is 0 Å². The van der Waals surface area contributed by atoms with Crippen LogP contribution in [0.2, 0.25) is 0 Å². The van der Waals surface area contributed by atoms with E-state index in [4.69, 9.17) is 9.47 Å². The maximum Gasteiger partial charge on any atom is 0.339 e. The third-order valence-electron chi connectivity index (χ3n) is 5.63. The molecule has 32 heavy (non-hydrogen) atoms. The normalized spacial score (nSPS) is 11.0. The fourth-order valence-corrected chi connectivity index (χ4v) is 3.79. The molecule has 4 nitrogen and oxygen atoms in total. The Labute approximate surface area is 196 Å². The summed E-state index contributed by atoms with van der Waals surface area (Å²) in [5.41, 5.74) is 1.69. The van der Waals surface area contributed by atoms with Crippen molar-refractivity contribution < 1.29 is 19.1 Å². The van der Waals surface area contributed by atoms with Gasteiger partial charge in [0, 0.05) is 0 Å². The largest absolute Gasteiger partial charge is 0.462 e. The predicted octanol–water partition coefficient (Wildman–Crippen LogP) is 7.92. The summed E-state index contributed by atoms with van der Waals surface area (Å²) >= 11 is 0. The first-order valence-electron chi connectivity index (χ1n) is 13.0. The zero-order valence-corrected chi connectivity index (χ0v) is 21.0. The topological polar surface area (TPSA) is 52.6 Å². The summed E-state index contributed by atoms with van der Waals surface area (Å²) in [5, 5.41) is 0. The lowest BCUT2D eigenvalue weighted by Gasteiger charge is -2.13. The first-order valence-corrected chi connectivity index (χ1v) is 13.0. The first kappa shape index (κ1) is 28.2. The lowest BCUT2D eigenvalue weighted by molar-refractivity contribution is 0.0450. The Hall–Kier alpha value is -1.84. The number of rotatable bonds is 18. The molecule has 1 rings (SSSR count). The molecule has 0 heterocycles. The van der Waals surface area contributed by atoms with Crippen LogP contribution in [0.1, 0.15) is 131 Å². The molecule has 0 radical (unpaired) electrons. The van der Waals surface area contributed by atoms with Gasteiger partial charge in [-0.05, 0) is 42.9 Å². The molecule has 0 aliphatic heterocycles. The third-order valence-corrected chi connectivity index (χ3v) is 5.63. The van der Waals surface area contributed by atoms with Crippen molar-refractivity contribution in [1.82, 2.24) is 0 Å². The highest BCUT2D eigenvalue weighted by Gasteiger charge is 2.20. The minimum Gasteiger partial charge on any atom is -0.462 e. The quantitative estimate of drug-likeness (QED) is 0.170. The fourth-order valence-electron chi connectivity index (χ4n) is 3.79. The molecule has 0 aliphatic rings. The average Bonchev–Trinajstić information content (AvgIpc) is 2.77. The number of hydrogen-bond acceptors (Lipinski definition) is 4. The van der Waals surface area contributed by atoms with E-state index >= 15 is 0 Å². The molecule has 0 atom stereocenters. The summed E-state index contributed by atoms with van der Waals surface area (Å²) in [4.78, 5) is 25.5. The maximum atomic E-state index is 12.8. The molecule has 0 unspecified atom stereocenters. The molecule has 4 heteroatoms. The lowest BCUT2D eigenvalue weighted by Crippen LogP contribution is -2.16. The Bertz CT molecular complexity index is 651. The smallest absolute Gasteiger partial charge is 0.339 e. The van der Waals surface area contributed by atoms with E-state index in [9.17, 15) is 9.59 Å². The van der Waals surface area contributed by atoms with Gasteiger partial charge < -0.3 is 9.47 Å². The van der Waals surface area contributed by atoms with Crippen LogP contribution in [-0.4, -0.2) is 25.2 Å². The van der Waals surface area contributed by atoms with Gasteiger partial charge in [0.15, 0.2) is 0 Å². The number of ether oxygens (including phenoxy) is 2. The SMILES string of the molecule is CCCCCCCCOC(=O)c1ccc(CC(C)C)cc1C(=O)OCCCCCCCC. The molecule has 0 N–H and O–H groups in total. The van der Waals surface area contributed by atoms with Crippen LogP contribution in [0.25, 0.3) is 0 Å². The van der Waals surface area contributed by atoms with Crippen molar-refractivity contribution in [3.63, 3.8) is 0 Å². The van der Waals surface area contributed by atoms with E-state index in [1.54, 1.807) is 6.07 Å². The average molecular weight is 447 g/mol. The Morgan fingerprint density at radius 3 is 1.66 bits per heavy atom. The van der Waals surface area contributed by atoms with E-state index in [1.165, 1.54) is 51.4 Å². The Morgan fingerprint density at radius 1 is 0.688 bits per heavy atom. The molecule has 1 aromatic carbocycles. The number of esters is 2. The lowest BCUT2D eigenvalue weighted by atomic mass is 9.98. The van der Waals surface area contributed by atoms with Crippen LogP contribution in [0.5, 0.6) is 0 Å². The van der Waals surface area contributed by atoms with Crippen molar-refractivity contribution in [2.45, 2.75) is 111 Å². The standard InChI is InChI=1S/C28H46O4/c1-5-7-9-11-13-15-19-31-27(29)25-18-17-24(21-23(3)4)22-26(25)28(30)32-20-16-14-12-10-8-6-2/h17-18,22-23H,5-16,19-21H2,1-4H3. The summed E-state index contributed by atoms with van der Waals surface area (Å²) in [7, 11) is 0. The van der Waals surface area contributed by atoms with Crippen molar-refractivity contribution in [2.75, 3.05) is 13.2 Å². The van der Waals surface area contributed by atoms with Crippen LogP contribution < -0.4 is 0 Å². The van der Waals surface area contributed by atoms with Crippen LogP contribution in [-0.2, 0) is 15.9 Å². The molecule has 0 bridgehead atoms. The van der Waals surface area contributed by atoms with E-state index in [0.717, 1.165) is 37.7 Å². The summed E-state index contributed by atoms with van der Waals surface area (Å²) < 4.78 is 11.0. The van der Waals surface area contributed by atoms with Gasteiger partial charge >= 0.3 is 11.9 Å². The van der Waals surface area contributed by atoms with Gasteiger partial charge in [0.25, 0.3) is 0 Å². The number of benzene rings is 1. The highest BCUT2D eigenvalue weighted by Crippen LogP contribution is 2.18. The summed E-state index contributed by atoms with van der Waals surface area (Å²) in [6, 6.07) is 5.46. The van der Waals surface area contributed by atoms with Gasteiger partial charge in [-0.2, -0.15) is 0 Å². The van der Waals surface area contributed by atoms with Gasteiger partial charge in [0.2, 0.25) is 0 Å². The molecular weight excluding hydrogens is 400 g/mol. The molecule has 1 aromatic rings. The minimum atomic E-state index is -0.429. The zero-order valence-electron chi connectivity index (χ0n) is 21.0. The van der Waals surface area contributed by atoms with E-state index in [2.05, 4.69) is 27.7 Å². The van der Waals surface area contributed by atoms with E-state index in [1.807, 2.05) is 12.1 Å². The summed E-state index contributed by atoms with van der Waals surface area (Å²) in [6.07, 6.45) is 14.5. The predicted molar refractivity (Wildman–Crippen MR) is 132 cm³/mol. The summed E-state index contributed by atoms with van der Waals surface area (Å²) in [6.45, 7) is 9.46. The molecule has 0 saturated heterocycles. The molecule has 0 fully saturated rings. The van der Waals surface area contributed by atoms with Gasteiger partial charge in [-0.1, -0.05) is 98.0 Å². The van der Waals surface area contributed by atoms with Gasteiger partial charge in [-0.15, -0.1) is 0 Å². The number of carbonyl (C=O) groups is 2. The molecular formula is C28H46O4. The highest BCUT2D eigenvalue weighted by molar-refractivity contribution is 6.03. The zero-order chi connectivity index (χ0) is 23.6. The van der Waals surface area contributed by atoms with Crippen LogP contribution in [0, 0.1) is 5.92 Å². The van der Waals surface area contributed by atoms with Crippen molar-refractivity contribution in [1.29, 1.82) is 0 Å². The van der Waals surface area contributed by atoms with Crippen molar-refractivity contribution >= 4 is 11.9 Å². The summed E-state index contributed by atoms with van der Waals surface area (Å²) in [5.74, 6) is -0.385. The number of hydrogen-bond donors (Lipinski definition) is 0. The highest BCUT2D eigenvalue weighted by atomic mass is 16.5. The van der Waals surface area contributed by atoms with Crippen molar-refractivity contribution in [3.8, 4) is 0 Å². The van der Waals surface area contributed by atoms with Crippen molar-refractivity contribution in [2.24, 2.45) is 5.92 Å². The Kier molecular flexibility index (Phi) is 15.6. The molecule has 0 amide bonds. The Morgan fingerprint density at radius 2 is 1.16 bits per heavy atom. The monoisotopic (exact) mass is 446 g/mol. The maximum absolute atomic E-state index is 12.8. The second-order valence-corrected chi connectivity index (χ2v) is 9.29. The fraction of sp³-hybridized carbons (Fsp3) is 0.714. The van der Waals surface area contributed by atoms with E-state index in [0.29, 0.717) is 30.3 Å². The van der Waals surface area contributed by atoms with Gasteiger partial charge in [-0.3, -0.25) is 0 Å². The molecule has 0 aliphatic carbocycles. The van der Waals surface area contributed by atoms with Gasteiger partial charge in [0.05, 0.1) is 24.3 Å². The van der Waals surface area contributed by atoms with Crippen LogP contribution in [0.4, 0.5) is 0 Å². The van der Waals surface area contributed by atoms with Crippen molar-refractivity contribution in [3.05, 3.63) is 34.9 Å². The second kappa shape index (κ2) is 17.7. The molecule has 0 saturated carbocycles. The molecule has 0 aromatic heterocycles. The minimum absolute atomic E-state index is 0.316.